The first-order valence-corrected chi connectivity index (χ1v) is 7.21. The predicted octanol–water partition coefficient (Wildman–Crippen LogP) is 2.58. The summed E-state index contributed by atoms with van der Waals surface area (Å²) in [6.07, 6.45) is 3.64. The zero-order chi connectivity index (χ0) is 14.1. The van der Waals surface area contributed by atoms with E-state index in [4.69, 9.17) is 9.47 Å². The van der Waals surface area contributed by atoms with Crippen LogP contribution in [-0.4, -0.2) is 19.8 Å². The standard InChI is InChI=1S/C16H20N2O2/c1-10-5-12-6-16(19-2)13(7-15(12)20-10)14(8-17)18-9-11-3-4-11/h6-7,10-11,14,18H,3-5,9H2,1-2H3. The average Bonchev–Trinajstić information content (AvgIpc) is 3.19. The second-order valence-electron chi connectivity index (χ2n) is 5.75. The van der Waals surface area contributed by atoms with Crippen LogP contribution in [0.3, 0.4) is 0 Å². The minimum Gasteiger partial charge on any atom is -0.496 e. The third kappa shape index (κ3) is 2.59. The molecule has 2 unspecified atom stereocenters. The number of nitrogens with zero attached hydrogens (tertiary/aromatic N) is 1. The fourth-order valence-electron chi connectivity index (χ4n) is 2.69. The van der Waals surface area contributed by atoms with Gasteiger partial charge in [0.2, 0.25) is 0 Å². The van der Waals surface area contributed by atoms with Crippen molar-refractivity contribution in [2.24, 2.45) is 5.92 Å². The lowest BCUT2D eigenvalue weighted by Crippen LogP contribution is -2.22. The van der Waals surface area contributed by atoms with Crippen LogP contribution < -0.4 is 14.8 Å². The monoisotopic (exact) mass is 272 g/mol. The van der Waals surface area contributed by atoms with E-state index in [1.165, 1.54) is 12.8 Å². The summed E-state index contributed by atoms with van der Waals surface area (Å²) in [5.74, 6) is 2.40. The van der Waals surface area contributed by atoms with Crippen molar-refractivity contribution in [2.75, 3.05) is 13.7 Å². The highest BCUT2D eigenvalue weighted by Crippen LogP contribution is 2.38. The number of nitrogens with one attached hydrogen (secondary N) is 1. The predicted molar refractivity (Wildman–Crippen MR) is 75.9 cm³/mol. The molecule has 20 heavy (non-hydrogen) atoms. The van der Waals surface area contributed by atoms with Gasteiger partial charge in [0.15, 0.2) is 0 Å². The molecule has 1 aromatic carbocycles. The Morgan fingerprint density at radius 3 is 2.95 bits per heavy atom. The van der Waals surface area contributed by atoms with Gasteiger partial charge in [-0.1, -0.05) is 0 Å². The topological polar surface area (TPSA) is 54.3 Å². The first kappa shape index (κ1) is 13.3. The lowest BCUT2D eigenvalue weighted by Gasteiger charge is -2.16. The van der Waals surface area contributed by atoms with E-state index in [2.05, 4.69) is 18.3 Å². The first-order chi connectivity index (χ1) is 9.71. The molecule has 0 amide bonds. The lowest BCUT2D eigenvalue weighted by atomic mass is 10.0. The summed E-state index contributed by atoms with van der Waals surface area (Å²) >= 11 is 0. The number of ether oxygens (including phenoxy) is 2. The quantitative estimate of drug-likeness (QED) is 0.895. The molecule has 1 fully saturated rings. The second kappa shape index (κ2) is 5.34. The molecule has 0 saturated heterocycles. The van der Waals surface area contributed by atoms with E-state index < -0.39 is 0 Å². The van der Waals surface area contributed by atoms with Gasteiger partial charge in [-0.25, -0.2) is 0 Å². The summed E-state index contributed by atoms with van der Waals surface area (Å²) in [4.78, 5) is 0. The molecule has 2 atom stereocenters. The Balaban J connectivity index is 1.86. The second-order valence-corrected chi connectivity index (χ2v) is 5.75. The number of nitriles is 1. The minimum absolute atomic E-state index is 0.199. The van der Waals surface area contributed by atoms with Crippen molar-refractivity contribution in [1.82, 2.24) is 5.32 Å². The van der Waals surface area contributed by atoms with Gasteiger partial charge in [-0.2, -0.15) is 5.26 Å². The van der Waals surface area contributed by atoms with Gasteiger partial charge < -0.3 is 9.47 Å². The van der Waals surface area contributed by atoms with Crippen LogP contribution in [0.25, 0.3) is 0 Å². The normalized spacial score (nSPS) is 21.8. The van der Waals surface area contributed by atoms with Gasteiger partial charge in [0.1, 0.15) is 23.6 Å². The Kier molecular flexibility index (Phi) is 3.54. The Hall–Kier alpha value is -1.73. The van der Waals surface area contributed by atoms with Crippen LogP contribution in [0.5, 0.6) is 11.5 Å². The molecule has 0 radical (unpaired) electrons. The number of fused-ring (bicyclic) bond motifs is 1. The minimum atomic E-state index is -0.338. The molecule has 1 aromatic rings. The lowest BCUT2D eigenvalue weighted by molar-refractivity contribution is 0.254. The molecule has 0 bridgehead atoms. The summed E-state index contributed by atoms with van der Waals surface area (Å²) in [5, 5.41) is 12.8. The molecule has 1 saturated carbocycles. The molecule has 1 aliphatic carbocycles. The SMILES string of the molecule is COc1cc2c(cc1C(C#N)NCC1CC1)OC(C)C2. The molecule has 4 nitrogen and oxygen atoms in total. The van der Waals surface area contributed by atoms with Gasteiger partial charge in [-0.3, -0.25) is 5.32 Å². The molecule has 1 aliphatic heterocycles. The summed E-state index contributed by atoms with van der Waals surface area (Å²) < 4.78 is 11.3. The Bertz CT molecular complexity index is 546. The Labute approximate surface area is 119 Å². The van der Waals surface area contributed by atoms with E-state index in [9.17, 15) is 5.26 Å². The van der Waals surface area contributed by atoms with Crippen LogP contribution in [0.1, 0.15) is 36.9 Å². The van der Waals surface area contributed by atoms with Crippen molar-refractivity contribution in [2.45, 2.75) is 38.3 Å². The molecular formula is C16H20N2O2. The molecule has 0 spiro atoms. The van der Waals surface area contributed by atoms with Gasteiger partial charge in [0, 0.05) is 17.5 Å². The maximum atomic E-state index is 9.42. The number of benzene rings is 1. The van der Waals surface area contributed by atoms with Crippen molar-refractivity contribution in [3.63, 3.8) is 0 Å². The number of hydrogen-bond donors (Lipinski definition) is 1. The van der Waals surface area contributed by atoms with E-state index in [1.807, 2.05) is 12.1 Å². The van der Waals surface area contributed by atoms with Crippen LogP contribution in [0.15, 0.2) is 12.1 Å². The van der Waals surface area contributed by atoms with Crippen molar-refractivity contribution in [3.05, 3.63) is 23.3 Å². The van der Waals surface area contributed by atoms with Crippen LogP contribution in [0, 0.1) is 17.2 Å². The van der Waals surface area contributed by atoms with Gasteiger partial charge in [0.05, 0.1) is 13.2 Å². The van der Waals surface area contributed by atoms with Crippen molar-refractivity contribution in [1.29, 1.82) is 5.26 Å². The van der Waals surface area contributed by atoms with Crippen LogP contribution in [-0.2, 0) is 6.42 Å². The van der Waals surface area contributed by atoms with Gasteiger partial charge >= 0.3 is 0 Å². The molecule has 2 aliphatic rings. The van der Waals surface area contributed by atoms with Crippen LogP contribution in [0.4, 0.5) is 0 Å². The van der Waals surface area contributed by atoms with E-state index >= 15 is 0 Å². The fraction of sp³-hybridized carbons (Fsp3) is 0.562. The highest BCUT2D eigenvalue weighted by atomic mass is 16.5. The highest BCUT2D eigenvalue weighted by molar-refractivity contribution is 5.51. The molecule has 1 heterocycles. The van der Waals surface area contributed by atoms with Gasteiger partial charge in [-0.05, 0) is 44.4 Å². The molecular weight excluding hydrogens is 252 g/mol. The number of methoxy groups -OCH3 is 1. The van der Waals surface area contributed by atoms with E-state index in [0.29, 0.717) is 0 Å². The highest BCUT2D eigenvalue weighted by Gasteiger charge is 2.27. The Morgan fingerprint density at radius 1 is 1.50 bits per heavy atom. The van der Waals surface area contributed by atoms with Gasteiger partial charge in [0.25, 0.3) is 0 Å². The van der Waals surface area contributed by atoms with E-state index in [0.717, 1.165) is 41.5 Å². The summed E-state index contributed by atoms with van der Waals surface area (Å²) in [6.45, 7) is 2.95. The van der Waals surface area contributed by atoms with E-state index in [1.54, 1.807) is 7.11 Å². The maximum Gasteiger partial charge on any atom is 0.125 e. The van der Waals surface area contributed by atoms with Gasteiger partial charge in [-0.15, -0.1) is 0 Å². The molecule has 106 valence electrons. The van der Waals surface area contributed by atoms with Crippen molar-refractivity contribution in [3.8, 4) is 17.6 Å². The van der Waals surface area contributed by atoms with Crippen LogP contribution in [0.2, 0.25) is 0 Å². The van der Waals surface area contributed by atoms with Crippen molar-refractivity contribution < 1.29 is 9.47 Å². The maximum absolute atomic E-state index is 9.42. The largest absolute Gasteiger partial charge is 0.496 e. The molecule has 0 aromatic heterocycles. The molecule has 3 rings (SSSR count). The molecule has 4 heteroatoms. The Morgan fingerprint density at radius 2 is 2.30 bits per heavy atom. The third-order valence-corrected chi connectivity index (χ3v) is 4.00. The first-order valence-electron chi connectivity index (χ1n) is 7.21. The number of rotatable bonds is 5. The zero-order valence-electron chi connectivity index (χ0n) is 12.0. The third-order valence-electron chi connectivity index (χ3n) is 4.00. The smallest absolute Gasteiger partial charge is 0.125 e. The summed E-state index contributed by atoms with van der Waals surface area (Å²) in [5.41, 5.74) is 2.04. The fourth-order valence-corrected chi connectivity index (χ4v) is 2.69. The van der Waals surface area contributed by atoms with E-state index in [-0.39, 0.29) is 12.1 Å². The summed E-state index contributed by atoms with van der Waals surface area (Å²) in [6, 6.07) is 5.97. The average molecular weight is 272 g/mol. The van der Waals surface area contributed by atoms with Crippen LogP contribution >= 0.6 is 0 Å². The van der Waals surface area contributed by atoms with Crippen molar-refractivity contribution >= 4 is 0 Å². The number of hydrogen-bond acceptors (Lipinski definition) is 4. The molecule has 1 N–H and O–H groups in total. The zero-order valence-corrected chi connectivity index (χ0v) is 12.0. The summed E-state index contributed by atoms with van der Waals surface area (Å²) in [7, 11) is 1.65.